The second-order valence-electron chi connectivity index (χ2n) is 6.42. The molecule has 25 heavy (non-hydrogen) atoms. The van der Waals surface area contributed by atoms with Gasteiger partial charge in [0.05, 0.1) is 6.54 Å². The van der Waals surface area contributed by atoms with E-state index in [-0.39, 0.29) is 0 Å². The molecular formula is C18H26N6O. The van der Waals surface area contributed by atoms with Gasteiger partial charge < -0.3 is 14.7 Å². The Morgan fingerprint density at radius 3 is 2.88 bits per heavy atom. The summed E-state index contributed by atoms with van der Waals surface area (Å²) in [5.41, 5.74) is 1.35. The van der Waals surface area contributed by atoms with Gasteiger partial charge in [0.1, 0.15) is 0 Å². The van der Waals surface area contributed by atoms with Crippen LogP contribution in [0, 0.1) is 6.92 Å². The third-order valence-corrected chi connectivity index (χ3v) is 4.55. The Morgan fingerprint density at radius 1 is 1.40 bits per heavy atom. The van der Waals surface area contributed by atoms with Gasteiger partial charge in [0.25, 0.3) is 0 Å². The molecule has 0 saturated carbocycles. The minimum Gasteiger partial charge on any atom is -0.349 e. The largest absolute Gasteiger partial charge is 0.349 e. The van der Waals surface area contributed by atoms with Crippen molar-refractivity contribution in [1.82, 2.24) is 25.3 Å². The number of nitrogens with zero attached hydrogens (tertiary/aromatic N) is 5. The second-order valence-corrected chi connectivity index (χ2v) is 6.42. The number of hydrogen-bond donors (Lipinski definition) is 1. The van der Waals surface area contributed by atoms with Crippen LogP contribution in [0.25, 0.3) is 0 Å². The summed E-state index contributed by atoms with van der Waals surface area (Å²) in [6.07, 6.45) is 1.13. The van der Waals surface area contributed by atoms with E-state index in [0.717, 1.165) is 32.0 Å². The SMILES string of the molecule is CN=C(NCc1noc(C)n1)N1CCC(N(C)Cc2ccccc2)C1. The maximum Gasteiger partial charge on any atom is 0.223 e. The fraction of sp³-hybridized carbons (Fsp3) is 0.500. The molecule has 1 aliphatic rings. The molecule has 1 aromatic carbocycles. The van der Waals surface area contributed by atoms with Gasteiger partial charge in [-0.25, -0.2) is 0 Å². The first-order valence-corrected chi connectivity index (χ1v) is 8.64. The van der Waals surface area contributed by atoms with E-state index in [1.807, 2.05) is 7.05 Å². The van der Waals surface area contributed by atoms with Crippen LogP contribution in [0.4, 0.5) is 0 Å². The molecule has 0 radical (unpaired) electrons. The normalized spacial score (nSPS) is 18.2. The monoisotopic (exact) mass is 342 g/mol. The minimum atomic E-state index is 0.519. The first-order chi connectivity index (χ1) is 12.2. The van der Waals surface area contributed by atoms with Gasteiger partial charge >= 0.3 is 0 Å². The molecule has 3 rings (SSSR count). The molecule has 1 aliphatic heterocycles. The van der Waals surface area contributed by atoms with Crippen molar-refractivity contribution in [3.63, 3.8) is 0 Å². The van der Waals surface area contributed by atoms with Crippen LogP contribution in [0.3, 0.4) is 0 Å². The number of aliphatic imine (C=N–C) groups is 1. The van der Waals surface area contributed by atoms with Crippen molar-refractivity contribution in [2.24, 2.45) is 4.99 Å². The average Bonchev–Trinajstić information content (AvgIpc) is 3.26. The topological polar surface area (TPSA) is 69.8 Å². The highest BCUT2D eigenvalue weighted by Crippen LogP contribution is 2.17. The number of guanidine groups is 1. The highest BCUT2D eigenvalue weighted by atomic mass is 16.5. The summed E-state index contributed by atoms with van der Waals surface area (Å²) in [7, 11) is 4.00. The molecule has 1 aromatic heterocycles. The highest BCUT2D eigenvalue weighted by Gasteiger charge is 2.27. The van der Waals surface area contributed by atoms with Crippen LogP contribution >= 0.6 is 0 Å². The van der Waals surface area contributed by atoms with Crippen LogP contribution in [0.2, 0.25) is 0 Å². The van der Waals surface area contributed by atoms with E-state index >= 15 is 0 Å². The summed E-state index contributed by atoms with van der Waals surface area (Å²) < 4.78 is 5.00. The smallest absolute Gasteiger partial charge is 0.223 e. The molecule has 0 amide bonds. The lowest BCUT2D eigenvalue weighted by Gasteiger charge is -2.26. The third-order valence-electron chi connectivity index (χ3n) is 4.55. The van der Waals surface area contributed by atoms with E-state index in [1.165, 1.54) is 5.56 Å². The summed E-state index contributed by atoms with van der Waals surface area (Å²) >= 11 is 0. The van der Waals surface area contributed by atoms with Gasteiger partial charge in [-0.1, -0.05) is 35.5 Å². The van der Waals surface area contributed by atoms with Crippen molar-refractivity contribution < 1.29 is 4.52 Å². The van der Waals surface area contributed by atoms with Crippen LogP contribution in [-0.4, -0.2) is 59.1 Å². The summed E-state index contributed by atoms with van der Waals surface area (Å²) in [6.45, 7) is 5.24. The second kappa shape index (κ2) is 8.11. The molecule has 7 heteroatoms. The van der Waals surface area contributed by atoms with Gasteiger partial charge in [-0.3, -0.25) is 9.89 Å². The van der Waals surface area contributed by atoms with Gasteiger partial charge in [-0.15, -0.1) is 0 Å². The van der Waals surface area contributed by atoms with Gasteiger partial charge in [0.2, 0.25) is 5.89 Å². The molecule has 1 unspecified atom stereocenters. The highest BCUT2D eigenvalue weighted by molar-refractivity contribution is 5.80. The van der Waals surface area contributed by atoms with E-state index < -0.39 is 0 Å². The Hall–Kier alpha value is -2.41. The van der Waals surface area contributed by atoms with E-state index in [1.54, 1.807) is 6.92 Å². The first-order valence-electron chi connectivity index (χ1n) is 8.64. The summed E-state index contributed by atoms with van der Waals surface area (Å²) in [5, 5.41) is 7.23. The van der Waals surface area contributed by atoms with E-state index in [9.17, 15) is 0 Å². The molecule has 1 N–H and O–H groups in total. The van der Waals surface area contributed by atoms with Crippen molar-refractivity contribution in [3.8, 4) is 0 Å². The molecule has 0 aliphatic carbocycles. The van der Waals surface area contributed by atoms with Crippen molar-refractivity contribution in [2.75, 3.05) is 27.2 Å². The van der Waals surface area contributed by atoms with Crippen molar-refractivity contribution in [1.29, 1.82) is 0 Å². The molecular weight excluding hydrogens is 316 g/mol. The lowest BCUT2D eigenvalue weighted by atomic mass is 10.1. The molecule has 1 atom stereocenters. The third kappa shape index (κ3) is 4.57. The minimum absolute atomic E-state index is 0.519. The maximum absolute atomic E-state index is 5.00. The Morgan fingerprint density at radius 2 is 2.20 bits per heavy atom. The Bertz CT molecular complexity index is 699. The van der Waals surface area contributed by atoms with Gasteiger partial charge in [0.15, 0.2) is 11.8 Å². The predicted molar refractivity (Wildman–Crippen MR) is 97.1 cm³/mol. The number of aromatic nitrogens is 2. The maximum atomic E-state index is 5.00. The Kier molecular flexibility index (Phi) is 5.65. The molecule has 1 fully saturated rings. The number of benzene rings is 1. The summed E-state index contributed by atoms with van der Waals surface area (Å²) in [5.74, 6) is 2.12. The molecule has 2 heterocycles. The Labute approximate surface area is 148 Å². The quantitative estimate of drug-likeness (QED) is 0.658. The van der Waals surface area contributed by atoms with Crippen LogP contribution in [0.5, 0.6) is 0 Å². The number of rotatable bonds is 5. The predicted octanol–water partition coefficient (Wildman–Crippen LogP) is 1.66. The van der Waals surface area contributed by atoms with Crippen molar-refractivity contribution in [3.05, 3.63) is 47.6 Å². The Balaban J connectivity index is 1.51. The van der Waals surface area contributed by atoms with Crippen molar-refractivity contribution >= 4 is 5.96 Å². The molecule has 2 aromatic rings. The molecule has 0 bridgehead atoms. The van der Waals surface area contributed by atoms with Gasteiger partial charge in [0, 0.05) is 39.6 Å². The molecule has 7 nitrogen and oxygen atoms in total. The molecule has 1 saturated heterocycles. The van der Waals surface area contributed by atoms with Crippen LogP contribution in [0.15, 0.2) is 39.8 Å². The standard InChI is InChI=1S/C18H26N6O/c1-14-21-17(22-25-14)11-20-18(19-2)24-10-9-16(13-24)23(3)12-15-7-5-4-6-8-15/h4-8,16H,9-13H2,1-3H3,(H,19,20). The van der Waals surface area contributed by atoms with Gasteiger partial charge in [-0.05, 0) is 19.0 Å². The van der Waals surface area contributed by atoms with Crippen molar-refractivity contribution in [2.45, 2.75) is 32.5 Å². The van der Waals surface area contributed by atoms with E-state index in [0.29, 0.717) is 24.3 Å². The van der Waals surface area contributed by atoms with E-state index in [4.69, 9.17) is 4.52 Å². The summed E-state index contributed by atoms with van der Waals surface area (Å²) in [6, 6.07) is 11.1. The molecule has 134 valence electrons. The lowest BCUT2D eigenvalue weighted by molar-refractivity contribution is 0.240. The van der Waals surface area contributed by atoms with Gasteiger partial charge in [-0.2, -0.15) is 4.98 Å². The summed E-state index contributed by atoms with van der Waals surface area (Å²) in [4.78, 5) is 13.3. The number of aryl methyl sites for hydroxylation is 1. The van der Waals surface area contributed by atoms with Crippen LogP contribution in [0.1, 0.15) is 23.7 Å². The zero-order valence-electron chi connectivity index (χ0n) is 15.1. The fourth-order valence-electron chi connectivity index (χ4n) is 3.20. The zero-order valence-corrected chi connectivity index (χ0v) is 15.1. The average molecular weight is 342 g/mol. The molecule has 0 spiro atoms. The number of likely N-dealkylation sites (N-methyl/N-ethyl adjacent to an activating group) is 1. The number of hydrogen-bond acceptors (Lipinski definition) is 5. The van der Waals surface area contributed by atoms with Crippen LogP contribution in [-0.2, 0) is 13.1 Å². The lowest BCUT2D eigenvalue weighted by Crippen LogP contribution is -2.42. The first kappa shape index (κ1) is 17.4. The number of nitrogens with one attached hydrogen (secondary N) is 1. The fourth-order valence-corrected chi connectivity index (χ4v) is 3.20. The zero-order chi connectivity index (χ0) is 17.6. The number of likely N-dealkylation sites (tertiary alicyclic amines) is 1. The van der Waals surface area contributed by atoms with E-state index in [2.05, 4.69) is 67.6 Å². The van der Waals surface area contributed by atoms with Crippen LogP contribution < -0.4 is 5.32 Å².